The Morgan fingerprint density at radius 2 is 2.24 bits per heavy atom. The van der Waals surface area contributed by atoms with Crippen molar-refractivity contribution in [1.29, 1.82) is 0 Å². The van der Waals surface area contributed by atoms with Crippen LogP contribution in [0, 0.1) is 17.8 Å². The summed E-state index contributed by atoms with van der Waals surface area (Å²) in [5, 5.41) is 0. The van der Waals surface area contributed by atoms with E-state index in [4.69, 9.17) is 9.47 Å². The molecule has 0 aromatic heterocycles. The van der Waals surface area contributed by atoms with Gasteiger partial charge in [-0.3, -0.25) is 14.5 Å². The van der Waals surface area contributed by atoms with E-state index in [1.165, 1.54) is 0 Å². The van der Waals surface area contributed by atoms with E-state index in [1.807, 2.05) is 14.1 Å². The quantitative estimate of drug-likeness (QED) is 0.651. The molecule has 3 fully saturated rings. The molecule has 2 aliphatic carbocycles. The summed E-state index contributed by atoms with van der Waals surface area (Å²) in [5.41, 5.74) is 0. The Bertz CT molecular complexity index is 368. The summed E-state index contributed by atoms with van der Waals surface area (Å²) in [6, 6.07) is 0. The zero-order chi connectivity index (χ0) is 12.2. The van der Waals surface area contributed by atoms with Crippen LogP contribution in [0.5, 0.6) is 0 Å². The van der Waals surface area contributed by atoms with Gasteiger partial charge in [-0.05, 0) is 26.9 Å². The first-order chi connectivity index (χ1) is 8.06. The van der Waals surface area contributed by atoms with Crippen molar-refractivity contribution in [2.24, 2.45) is 17.8 Å². The molecule has 3 aliphatic rings. The smallest absolute Gasteiger partial charge is 0.320 e. The highest BCUT2D eigenvalue weighted by Crippen LogP contribution is 2.55. The number of hydrogen-bond acceptors (Lipinski definition) is 5. The summed E-state index contributed by atoms with van der Waals surface area (Å²) in [7, 11) is 3.65. The number of rotatable bonds is 3. The van der Waals surface area contributed by atoms with Crippen LogP contribution in [0.3, 0.4) is 0 Å². The van der Waals surface area contributed by atoms with E-state index < -0.39 is 0 Å². The van der Waals surface area contributed by atoms with Crippen LogP contribution in [0.2, 0.25) is 0 Å². The lowest BCUT2D eigenvalue weighted by Crippen LogP contribution is -2.38. The third kappa shape index (κ3) is 1.64. The monoisotopic (exact) mass is 239 g/mol. The van der Waals surface area contributed by atoms with E-state index in [0.717, 1.165) is 12.8 Å². The van der Waals surface area contributed by atoms with Gasteiger partial charge in [-0.1, -0.05) is 0 Å². The molecule has 2 saturated carbocycles. The van der Waals surface area contributed by atoms with Crippen molar-refractivity contribution in [3.63, 3.8) is 0 Å². The first-order valence-electron chi connectivity index (χ1n) is 6.11. The number of esters is 2. The molecule has 94 valence electrons. The Labute approximate surface area is 100 Å². The maximum atomic E-state index is 11.6. The lowest BCUT2D eigenvalue weighted by molar-refractivity contribution is -0.162. The number of hydrogen-bond donors (Lipinski definition) is 0. The second kappa shape index (κ2) is 3.70. The van der Waals surface area contributed by atoms with Gasteiger partial charge in [0.15, 0.2) is 0 Å². The van der Waals surface area contributed by atoms with E-state index >= 15 is 0 Å². The zero-order valence-corrected chi connectivity index (χ0v) is 10.1. The van der Waals surface area contributed by atoms with Gasteiger partial charge in [0.1, 0.15) is 12.2 Å². The maximum absolute atomic E-state index is 11.6. The summed E-state index contributed by atoms with van der Waals surface area (Å²) >= 11 is 0. The van der Waals surface area contributed by atoms with E-state index in [9.17, 15) is 9.59 Å². The molecular formula is C12H17NO4. The van der Waals surface area contributed by atoms with Crippen molar-refractivity contribution in [2.45, 2.75) is 25.0 Å². The third-order valence-electron chi connectivity index (χ3n) is 4.13. The maximum Gasteiger partial charge on any atom is 0.320 e. The van der Waals surface area contributed by atoms with E-state index in [2.05, 4.69) is 0 Å². The Hall–Kier alpha value is -1.10. The van der Waals surface area contributed by atoms with Gasteiger partial charge in [0.25, 0.3) is 0 Å². The molecule has 0 amide bonds. The van der Waals surface area contributed by atoms with Crippen LogP contribution in [0.25, 0.3) is 0 Å². The highest BCUT2D eigenvalue weighted by Gasteiger charge is 2.63. The molecule has 1 saturated heterocycles. The van der Waals surface area contributed by atoms with Crippen LogP contribution < -0.4 is 0 Å². The normalized spacial score (nSPS) is 42.1. The topological polar surface area (TPSA) is 55.8 Å². The Balaban J connectivity index is 1.66. The molecule has 0 aromatic carbocycles. The molecule has 0 aromatic rings. The van der Waals surface area contributed by atoms with Crippen LogP contribution in [0.1, 0.15) is 12.8 Å². The fraction of sp³-hybridized carbons (Fsp3) is 0.833. The summed E-state index contributed by atoms with van der Waals surface area (Å²) < 4.78 is 10.8. The lowest BCUT2D eigenvalue weighted by Gasteiger charge is -2.25. The largest absolute Gasteiger partial charge is 0.458 e. The minimum Gasteiger partial charge on any atom is -0.458 e. The number of likely N-dealkylation sites (N-methyl/N-ethyl adjacent to an activating group) is 1. The molecule has 5 atom stereocenters. The second-order valence-corrected chi connectivity index (χ2v) is 5.60. The molecule has 0 spiro atoms. The molecule has 5 unspecified atom stereocenters. The molecule has 5 nitrogen and oxygen atoms in total. The SMILES string of the molecule is CN(C)CC(=O)OC1C2CC3C(=O)OC1C3C2. The van der Waals surface area contributed by atoms with Crippen molar-refractivity contribution in [1.82, 2.24) is 4.90 Å². The minimum absolute atomic E-state index is 0.0776. The van der Waals surface area contributed by atoms with Gasteiger partial charge < -0.3 is 9.47 Å². The van der Waals surface area contributed by atoms with Gasteiger partial charge in [0, 0.05) is 11.8 Å². The van der Waals surface area contributed by atoms with Crippen LogP contribution in [-0.4, -0.2) is 49.7 Å². The Morgan fingerprint density at radius 1 is 1.47 bits per heavy atom. The van der Waals surface area contributed by atoms with Crippen LogP contribution in [0.4, 0.5) is 0 Å². The minimum atomic E-state index is -0.230. The van der Waals surface area contributed by atoms with E-state index in [0.29, 0.717) is 11.8 Å². The highest BCUT2D eigenvalue weighted by molar-refractivity contribution is 5.77. The lowest BCUT2D eigenvalue weighted by atomic mass is 9.88. The fourth-order valence-corrected chi connectivity index (χ4v) is 3.51. The average Bonchev–Trinajstić information content (AvgIpc) is 2.80. The molecule has 1 heterocycles. The van der Waals surface area contributed by atoms with Gasteiger partial charge in [-0.15, -0.1) is 0 Å². The van der Waals surface area contributed by atoms with Gasteiger partial charge in [-0.2, -0.15) is 0 Å². The van der Waals surface area contributed by atoms with Crippen molar-refractivity contribution >= 4 is 11.9 Å². The third-order valence-corrected chi connectivity index (χ3v) is 4.13. The first-order valence-corrected chi connectivity index (χ1v) is 6.11. The van der Waals surface area contributed by atoms with E-state index in [-0.39, 0.29) is 36.6 Å². The Morgan fingerprint density at radius 3 is 2.94 bits per heavy atom. The number of carbonyl (C=O) groups is 2. The molecule has 0 N–H and O–H groups in total. The highest BCUT2D eigenvalue weighted by atomic mass is 16.6. The molecule has 2 bridgehead atoms. The second-order valence-electron chi connectivity index (χ2n) is 5.60. The van der Waals surface area contributed by atoms with Crippen molar-refractivity contribution in [3.8, 4) is 0 Å². The molecule has 1 aliphatic heterocycles. The molecule has 5 heteroatoms. The fourth-order valence-electron chi connectivity index (χ4n) is 3.51. The Kier molecular flexibility index (Phi) is 2.40. The van der Waals surface area contributed by atoms with Crippen LogP contribution >= 0.6 is 0 Å². The zero-order valence-electron chi connectivity index (χ0n) is 10.1. The summed E-state index contributed by atoms with van der Waals surface area (Å²) in [6.07, 6.45) is 1.44. The van der Waals surface area contributed by atoms with Crippen LogP contribution in [-0.2, 0) is 19.1 Å². The molecular weight excluding hydrogens is 222 g/mol. The molecule has 3 rings (SSSR count). The number of carbonyl (C=O) groups excluding carboxylic acids is 2. The predicted molar refractivity (Wildman–Crippen MR) is 58.0 cm³/mol. The van der Waals surface area contributed by atoms with Gasteiger partial charge in [-0.25, -0.2) is 0 Å². The first kappa shape index (κ1) is 11.0. The van der Waals surface area contributed by atoms with Crippen molar-refractivity contribution < 1.29 is 19.1 Å². The van der Waals surface area contributed by atoms with Gasteiger partial charge in [0.05, 0.1) is 12.5 Å². The summed E-state index contributed by atoms with van der Waals surface area (Å²) in [6.45, 7) is 0.276. The molecule has 0 radical (unpaired) electrons. The number of fused-ring (bicyclic) bond motifs is 1. The van der Waals surface area contributed by atoms with Gasteiger partial charge >= 0.3 is 11.9 Å². The van der Waals surface area contributed by atoms with Crippen molar-refractivity contribution in [2.75, 3.05) is 20.6 Å². The number of nitrogens with zero attached hydrogens (tertiary/aromatic N) is 1. The summed E-state index contributed by atoms with van der Waals surface area (Å²) in [4.78, 5) is 24.9. The van der Waals surface area contributed by atoms with Crippen molar-refractivity contribution in [3.05, 3.63) is 0 Å². The molecule has 17 heavy (non-hydrogen) atoms. The number of ether oxygens (including phenoxy) is 2. The van der Waals surface area contributed by atoms with Gasteiger partial charge in [0.2, 0.25) is 0 Å². The summed E-state index contributed by atoms with van der Waals surface area (Å²) in [5.74, 6) is 0.381. The predicted octanol–water partition coefficient (Wildman–Crippen LogP) is 0.0412. The standard InChI is InChI=1S/C12H17NO4/c1-13(2)5-9(14)16-10-6-3-7-8(4-6)12(15)17-11(7)10/h6-8,10-11H,3-5H2,1-2H3. The van der Waals surface area contributed by atoms with Crippen LogP contribution in [0.15, 0.2) is 0 Å². The average molecular weight is 239 g/mol. The van der Waals surface area contributed by atoms with E-state index in [1.54, 1.807) is 4.90 Å².